The SMILES string of the molecule is CCOc1cc(/C=C2\N=C(c3ccc(Br)cc3)OC2=O)ccc1OC(C)C. The van der Waals surface area contributed by atoms with Gasteiger partial charge in [-0.3, -0.25) is 0 Å². The van der Waals surface area contributed by atoms with Crippen LogP contribution in [-0.2, 0) is 9.53 Å². The van der Waals surface area contributed by atoms with Gasteiger partial charge in [0.15, 0.2) is 17.2 Å². The molecule has 1 aliphatic rings. The molecule has 27 heavy (non-hydrogen) atoms. The van der Waals surface area contributed by atoms with Gasteiger partial charge in [0.2, 0.25) is 5.90 Å². The topological polar surface area (TPSA) is 57.1 Å². The predicted molar refractivity (Wildman–Crippen MR) is 108 cm³/mol. The summed E-state index contributed by atoms with van der Waals surface area (Å²) < 4.78 is 17.7. The molecular weight excluding hydrogens is 410 g/mol. The molecule has 0 unspecified atom stereocenters. The Morgan fingerprint density at radius 1 is 1.15 bits per heavy atom. The molecule has 0 bridgehead atoms. The molecule has 1 heterocycles. The van der Waals surface area contributed by atoms with Gasteiger partial charge in [0.05, 0.1) is 12.7 Å². The fraction of sp³-hybridized carbons (Fsp3) is 0.238. The van der Waals surface area contributed by atoms with E-state index in [0.29, 0.717) is 24.0 Å². The van der Waals surface area contributed by atoms with E-state index in [9.17, 15) is 4.79 Å². The zero-order chi connectivity index (χ0) is 19.4. The maximum Gasteiger partial charge on any atom is 0.363 e. The molecule has 0 saturated carbocycles. The zero-order valence-corrected chi connectivity index (χ0v) is 16.9. The molecule has 2 aromatic carbocycles. The Morgan fingerprint density at radius 3 is 2.56 bits per heavy atom. The molecule has 3 rings (SSSR count). The third-order valence-electron chi connectivity index (χ3n) is 3.65. The number of halogens is 1. The summed E-state index contributed by atoms with van der Waals surface area (Å²) in [6, 6.07) is 12.9. The summed E-state index contributed by atoms with van der Waals surface area (Å²) in [5.74, 6) is 1.11. The van der Waals surface area contributed by atoms with Crippen molar-refractivity contribution in [2.24, 2.45) is 4.99 Å². The summed E-state index contributed by atoms with van der Waals surface area (Å²) in [5.41, 5.74) is 1.76. The normalized spacial score (nSPS) is 15.1. The van der Waals surface area contributed by atoms with Gasteiger partial charge in [-0.25, -0.2) is 9.79 Å². The largest absolute Gasteiger partial charge is 0.490 e. The Labute approximate surface area is 166 Å². The molecule has 0 radical (unpaired) electrons. The van der Waals surface area contributed by atoms with Crippen molar-refractivity contribution >= 4 is 33.9 Å². The summed E-state index contributed by atoms with van der Waals surface area (Å²) in [4.78, 5) is 16.5. The zero-order valence-electron chi connectivity index (χ0n) is 15.4. The van der Waals surface area contributed by atoms with E-state index in [-0.39, 0.29) is 11.8 Å². The molecule has 5 nitrogen and oxygen atoms in total. The number of aliphatic imine (C=N–C) groups is 1. The summed E-state index contributed by atoms with van der Waals surface area (Å²) in [6.45, 7) is 6.34. The van der Waals surface area contributed by atoms with Crippen LogP contribution in [-0.4, -0.2) is 24.6 Å². The summed E-state index contributed by atoms with van der Waals surface area (Å²) in [6.07, 6.45) is 1.71. The standard InChI is InChI=1S/C21H20BrNO4/c1-4-25-19-12-14(5-10-18(19)26-13(2)3)11-17-21(24)27-20(23-17)15-6-8-16(22)9-7-15/h5-13H,4H2,1-3H3/b17-11-. The van der Waals surface area contributed by atoms with Crippen LogP contribution in [0.1, 0.15) is 31.9 Å². The van der Waals surface area contributed by atoms with E-state index in [4.69, 9.17) is 14.2 Å². The van der Waals surface area contributed by atoms with Gasteiger partial charge < -0.3 is 14.2 Å². The highest BCUT2D eigenvalue weighted by Gasteiger charge is 2.24. The van der Waals surface area contributed by atoms with Crippen LogP contribution in [0.15, 0.2) is 57.6 Å². The Balaban J connectivity index is 1.89. The lowest BCUT2D eigenvalue weighted by molar-refractivity contribution is -0.129. The fourth-order valence-electron chi connectivity index (χ4n) is 2.52. The first kappa shape index (κ1) is 19.2. The second kappa shape index (κ2) is 8.39. The van der Waals surface area contributed by atoms with Crippen LogP contribution in [0.3, 0.4) is 0 Å². The van der Waals surface area contributed by atoms with Crippen molar-refractivity contribution in [3.05, 3.63) is 63.8 Å². The highest BCUT2D eigenvalue weighted by molar-refractivity contribution is 9.10. The van der Waals surface area contributed by atoms with Crippen LogP contribution < -0.4 is 9.47 Å². The number of ether oxygens (including phenoxy) is 3. The minimum atomic E-state index is -0.478. The minimum Gasteiger partial charge on any atom is -0.490 e. The van der Waals surface area contributed by atoms with Crippen molar-refractivity contribution in [2.75, 3.05) is 6.61 Å². The number of cyclic esters (lactones) is 1. The number of rotatable bonds is 6. The Bertz CT molecular complexity index is 901. The van der Waals surface area contributed by atoms with Crippen molar-refractivity contribution in [3.8, 4) is 11.5 Å². The number of hydrogen-bond acceptors (Lipinski definition) is 5. The van der Waals surface area contributed by atoms with Gasteiger partial charge in [0.25, 0.3) is 0 Å². The molecule has 6 heteroatoms. The van der Waals surface area contributed by atoms with Gasteiger partial charge in [-0.15, -0.1) is 0 Å². The van der Waals surface area contributed by atoms with Gasteiger partial charge in [-0.1, -0.05) is 22.0 Å². The summed E-state index contributed by atoms with van der Waals surface area (Å²) in [7, 11) is 0. The molecular formula is C21H20BrNO4. The first-order valence-electron chi connectivity index (χ1n) is 8.68. The quantitative estimate of drug-likeness (QED) is 0.479. The second-order valence-corrected chi connectivity index (χ2v) is 7.06. The second-order valence-electron chi connectivity index (χ2n) is 6.15. The summed E-state index contributed by atoms with van der Waals surface area (Å²) >= 11 is 3.38. The average molecular weight is 430 g/mol. The molecule has 0 saturated heterocycles. The van der Waals surface area contributed by atoms with Crippen molar-refractivity contribution in [1.82, 2.24) is 0 Å². The maximum absolute atomic E-state index is 12.2. The van der Waals surface area contributed by atoms with Crippen LogP contribution >= 0.6 is 15.9 Å². The van der Waals surface area contributed by atoms with E-state index < -0.39 is 5.97 Å². The van der Waals surface area contributed by atoms with Gasteiger partial charge in [0, 0.05) is 10.0 Å². The number of hydrogen-bond donors (Lipinski definition) is 0. The molecule has 0 atom stereocenters. The monoisotopic (exact) mass is 429 g/mol. The van der Waals surface area contributed by atoms with Crippen molar-refractivity contribution in [2.45, 2.75) is 26.9 Å². The molecule has 0 aromatic heterocycles. The first-order chi connectivity index (χ1) is 13.0. The maximum atomic E-state index is 12.2. The lowest BCUT2D eigenvalue weighted by Gasteiger charge is -2.14. The molecule has 0 spiro atoms. The Kier molecular flexibility index (Phi) is 5.96. The van der Waals surface area contributed by atoms with Crippen LogP contribution in [0.25, 0.3) is 6.08 Å². The predicted octanol–water partition coefficient (Wildman–Crippen LogP) is 4.98. The molecule has 1 aliphatic heterocycles. The van der Waals surface area contributed by atoms with Crippen molar-refractivity contribution < 1.29 is 19.0 Å². The van der Waals surface area contributed by atoms with Gasteiger partial charge in [0.1, 0.15) is 0 Å². The van der Waals surface area contributed by atoms with E-state index in [2.05, 4.69) is 20.9 Å². The molecule has 0 fully saturated rings. The number of carbonyl (C=O) groups excluding carboxylic acids is 1. The number of nitrogens with zero attached hydrogens (tertiary/aromatic N) is 1. The summed E-state index contributed by atoms with van der Waals surface area (Å²) in [5, 5.41) is 0. The average Bonchev–Trinajstić information content (AvgIpc) is 2.98. The lowest BCUT2D eigenvalue weighted by atomic mass is 10.1. The molecule has 0 N–H and O–H groups in total. The smallest absolute Gasteiger partial charge is 0.363 e. The molecule has 2 aromatic rings. The van der Waals surface area contributed by atoms with Crippen LogP contribution in [0, 0.1) is 0 Å². The van der Waals surface area contributed by atoms with Gasteiger partial charge in [-0.2, -0.15) is 0 Å². The third-order valence-corrected chi connectivity index (χ3v) is 4.17. The molecule has 0 amide bonds. The van der Waals surface area contributed by atoms with E-state index in [1.807, 2.05) is 63.2 Å². The first-order valence-corrected chi connectivity index (χ1v) is 9.47. The number of benzene rings is 2. The number of carbonyl (C=O) groups is 1. The van der Waals surface area contributed by atoms with Crippen molar-refractivity contribution in [1.29, 1.82) is 0 Å². The van der Waals surface area contributed by atoms with Crippen LogP contribution in [0.4, 0.5) is 0 Å². The minimum absolute atomic E-state index is 0.0382. The highest BCUT2D eigenvalue weighted by atomic mass is 79.9. The lowest BCUT2D eigenvalue weighted by Crippen LogP contribution is -2.07. The van der Waals surface area contributed by atoms with Crippen molar-refractivity contribution in [3.63, 3.8) is 0 Å². The molecule has 0 aliphatic carbocycles. The van der Waals surface area contributed by atoms with Crippen LogP contribution in [0.5, 0.6) is 11.5 Å². The fourth-order valence-corrected chi connectivity index (χ4v) is 2.78. The van der Waals surface area contributed by atoms with Gasteiger partial charge >= 0.3 is 5.97 Å². The van der Waals surface area contributed by atoms with E-state index in [0.717, 1.165) is 15.6 Å². The third kappa shape index (κ3) is 4.77. The number of esters is 1. The van der Waals surface area contributed by atoms with Gasteiger partial charge in [-0.05, 0) is 68.8 Å². The van der Waals surface area contributed by atoms with E-state index in [1.165, 1.54) is 0 Å². The molecule has 140 valence electrons. The van der Waals surface area contributed by atoms with Crippen LogP contribution in [0.2, 0.25) is 0 Å². The Morgan fingerprint density at radius 2 is 1.89 bits per heavy atom. The van der Waals surface area contributed by atoms with E-state index in [1.54, 1.807) is 6.08 Å². The van der Waals surface area contributed by atoms with E-state index >= 15 is 0 Å². The Hall–Kier alpha value is -2.60. The highest BCUT2D eigenvalue weighted by Crippen LogP contribution is 2.31.